The number of benzene rings is 1. The van der Waals surface area contributed by atoms with E-state index in [4.69, 9.17) is 26.6 Å². The highest BCUT2D eigenvalue weighted by molar-refractivity contribution is 7.16. The SMILES string of the molecule is CC(=O)NC(C)c1nc(-c2cnc(Oc3ccc(N)cc3Cl)s2)no1. The van der Waals surface area contributed by atoms with Gasteiger partial charge in [0.25, 0.3) is 5.19 Å². The summed E-state index contributed by atoms with van der Waals surface area (Å²) >= 11 is 7.32. The zero-order chi connectivity index (χ0) is 18.0. The van der Waals surface area contributed by atoms with Crippen LogP contribution in [-0.2, 0) is 4.79 Å². The number of hydrogen-bond donors (Lipinski definition) is 2. The first kappa shape index (κ1) is 17.2. The first-order valence-electron chi connectivity index (χ1n) is 7.22. The molecule has 3 aromatic rings. The summed E-state index contributed by atoms with van der Waals surface area (Å²) in [5.41, 5.74) is 6.20. The van der Waals surface area contributed by atoms with E-state index in [0.717, 1.165) is 0 Å². The highest BCUT2D eigenvalue weighted by Gasteiger charge is 2.18. The fourth-order valence-electron chi connectivity index (χ4n) is 1.98. The molecule has 1 amide bonds. The average molecular weight is 380 g/mol. The van der Waals surface area contributed by atoms with Crippen molar-refractivity contribution in [3.8, 4) is 21.6 Å². The van der Waals surface area contributed by atoms with E-state index >= 15 is 0 Å². The second-order valence-electron chi connectivity index (χ2n) is 5.16. The molecule has 0 saturated heterocycles. The number of nitrogens with one attached hydrogen (secondary N) is 1. The van der Waals surface area contributed by atoms with Crippen LogP contribution in [0.25, 0.3) is 10.7 Å². The average Bonchev–Trinajstić information content (AvgIpc) is 3.18. The largest absolute Gasteiger partial charge is 0.429 e. The van der Waals surface area contributed by atoms with E-state index in [-0.39, 0.29) is 11.9 Å². The van der Waals surface area contributed by atoms with Crippen molar-refractivity contribution in [2.75, 3.05) is 5.73 Å². The number of ether oxygens (including phenoxy) is 1. The molecule has 0 aliphatic heterocycles. The molecule has 0 radical (unpaired) electrons. The molecule has 0 aliphatic carbocycles. The second-order valence-corrected chi connectivity index (χ2v) is 6.56. The number of amides is 1. The summed E-state index contributed by atoms with van der Waals surface area (Å²) in [6.45, 7) is 3.17. The second kappa shape index (κ2) is 7.08. The van der Waals surface area contributed by atoms with Crippen LogP contribution in [0.15, 0.2) is 28.9 Å². The molecule has 10 heteroatoms. The summed E-state index contributed by atoms with van der Waals surface area (Å²) in [4.78, 5) is 20.2. The van der Waals surface area contributed by atoms with Gasteiger partial charge in [-0.1, -0.05) is 28.1 Å². The number of nitrogens with zero attached hydrogens (tertiary/aromatic N) is 3. The van der Waals surface area contributed by atoms with E-state index in [2.05, 4.69) is 20.4 Å². The number of halogens is 1. The van der Waals surface area contributed by atoms with Gasteiger partial charge in [-0.25, -0.2) is 4.98 Å². The monoisotopic (exact) mass is 379 g/mol. The van der Waals surface area contributed by atoms with E-state index in [1.807, 2.05) is 0 Å². The van der Waals surface area contributed by atoms with Crippen molar-refractivity contribution in [1.82, 2.24) is 20.4 Å². The molecule has 0 spiro atoms. The lowest BCUT2D eigenvalue weighted by atomic mass is 10.3. The molecular formula is C15H14ClN5O3S. The van der Waals surface area contributed by atoms with Crippen LogP contribution in [-0.4, -0.2) is 21.0 Å². The Morgan fingerprint density at radius 3 is 3.00 bits per heavy atom. The maximum atomic E-state index is 11.1. The molecule has 2 heterocycles. The molecule has 0 aliphatic rings. The Balaban J connectivity index is 1.75. The summed E-state index contributed by atoms with van der Waals surface area (Å²) in [7, 11) is 0. The number of anilines is 1. The third-order valence-corrected chi connectivity index (χ3v) is 4.26. The molecule has 1 atom stereocenters. The predicted octanol–water partition coefficient (Wildman–Crippen LogP) is 3.42. The molecule has 0 bridgehead atoms. The standard InChI is InChI=1S/C15H14ClN5O3S/c1-7(19-8(2)22)14-20-13(21-24-14)12-6-18-15(25-12)23-11-4-3-9(17)5-10(11)16/h3-7H,17H2,1-2H3,(H,19,22). The molecule has 3 N–H and O–H groups in total. The van der Waals surface area contributed by atoms with Gasteiger partial charge in [-0.3, -0.25) is 4.79 Å². The lowest BCUT2D eigenvalue weighted by molar-refractivity contribution is -0.119. The number of rotatable bonds is 5. The minimum absolute atomic E-state index is 0.180. The third kappa shape index (κ3) is 4.06. The lowest BCUT2D eigenvalue weighted by Gasteiger charge is -2.05. The van der Waals surface area contributed by atoms with Gasteiger partial charge in [-0.15, -0.1) is 0 Å². The molecule has 1 aromatic carbocycles. The minimum atomic E-state index is -0.379. The molecule has 8 nitrogen and oxygen atoms in total. The Kier molecular flexibility index (Phi) is 4.86. The quantitative estimate of drug-likeness (QED) is 0.652. The Labute approximate surface area is 152 Å². The van der Waals surface area contributed by atoms with Crippen molar-refractivity contribution in [2.24, 2.45) is 0 Å². The van der Waals surface area contributed by atoms with Crippen LogP contribution in [0.5, 0.6) is 10.9 Å². The van der Waals surface area contributed by atoms with E-state index < -0.39 is 0 Å². The van der Waals surface area contributed by atoms with Crippen LogP contribution in [0, 0.1) is 0 Å². The van der Waals surface area contributed by atoms with Gasteiger partial charge in [-0.05, 0) is 25.1 Å². The number of nitrogen functional groups attached to an aromatic ring is 1. The van der Waals surface area contributed by atoms with Crippen molar-refractivity contribution in [3.05, 3.63) is 35.3 Å². The van der Waals surface area contributed by atoms with Crippen molar-refractivity contribution in [3.63, 3.8) is 0 Å². The number of hydrogen-bond acceptors (Lipinski definition) is 8. The number of nitrogens with two attached hydrogens (primary N) is 1. The minimum Gasteiger partial charge on any atom is -0.429 e. The van der Waals surface area contributed by atoms with Gasteiger partial charge in [0.2, 0.25) is 17.6 Å². The Hall–Kier alpha value is -2.65. The van der Waals surface area contributed by atoms with Crippen LogP contribution in [0.4, 0.5) is 5.69 Å². The molecule has 0 saturated carbocycles. The maximum Gasteiger partial charge on any atom is 0.279 e. The zero-order valence-corrected chi connectivity index (χ0v) is 14.9. The summed E-state index contributed by atoms with van der Waals surface area (Å²) in [5.74, 6) is 0.941. The van der Waals surface area contributed by atoms with Gasteiger partial charge in [-0.2, -0.15) is 4.98 Å². The number of carbonyl (C=O) groups excluding carboxylic acids is 1. The van der Waals surface area contributed by atoms with Crippen molar-refractivity contribution in [1.29, 1.82) is 0 Å². The van der Waals surface area contributed by atoms with Crippen molar-refractivity contribution >= 4 is 34.5 Å². The van der Waals surface area contributed by atoms with Gasteiger partial charge in [0, 0.05) is 12.6 Å². The Morgan fingerprint density at radius 2 is 2.28 bits per heavy atom. The summed E-state index contributed by atoms with van der Waals surface area (Å²) < 4.78 is 10.8. The van der Waals surface area contributed by atoms with Crippen LogP contribution >= 0.6 is 22.9 Å². The van der Waals surface area contributed by atoms with Crippen molar-refractivity contribution < 1.29 is 14.1 Å². The first-order chi connectivity index (χ1) is 11.9. The zero-order valence-electron chi connectivity index (χ0n) is 13.3. The third-order valence-electron chi connectivity index (χ3n) is 3.09. The van der Waals surface area contributed by atoms with E-state index in [0.29, 0.717) is 38.2 Å². The summed E-state index contributed by atoms with van der Waals surface area (Å²) in [5, 5.41) is 7.34. The van der Waals surface area contributed by atoms with E-state index in [9.17, 15) is 4.79 Å². The molecule has 130 valence electrons. The molecule has 2 aromatic heterocycles. The molecular weight excluding hydrogens is 366 g/mol. The van der Waals surface area contributed by atoms with Crippen LogP contribution in [0.1, 0.15) is 25.8 Å². The normalized spacial score (nSPS) is 12.0. The van der Waals surface area contributed by atoms with E-state index in [1.165, 1.54) is 18.3 Å². The summed E-state index contributed by atoms with van der Waals surface area (Å²) in [6, 6.07) is 4.57. The highest BCUT2D eigenvalue weighted by Crippen LogP contribution is 2.35. The van der Waals surface area contributed by atoms with Gasteiger partial charge >= 0.3 is 0 Å². The smallest absolute Gasteiger partial charge is 0.279 e. The van der Waals surface area contributed by atoms with Gasteiger partial charge in [0.05, 0.1) is 16.1 Å². The van der Waals surface area contributed by atoms with Crippen LogP contribution in [0.2, 0.25) is 5.02 Å². The molecule has 25 heavy (non-hydrogen) atoms. The van der Waals surface area contributed by atoms with Gasteiger partial charge < -0.3 is 20.3 Å². The Morgan fingerprint density at radius 1 is 1.48 bits per heavy atom. The van der Waals surface area contributed by atoms with Crippen LogP contribution in [0.3, 0.4) is 0 Å². The molecule has 3 rings (SSSR count). The summed E-state index contributed by atoms with van der Waals surface area (Å²) in [6.07, 6.45) is 1.57. The Bertz CT molecular complexity index is 910. The highest BCUT2D eigenvalue weighted by atomic mass is 35.5. The van der Waals surface area contributed by atoms with Gasteiger partial charge in [0.15, 0.2) is 0 Å². The number of thiazole rings is 1. The number of aromatic nitrogens is 3. The van der Waals surface area contributed by atoms with Crippen molar-refractivity contribution in [2.45, 2.75) is 19.9 Å². The number of carbonyl (C=O) groups is 1. The predicted molar refractivity (Wildman–Crippen MR) is 93.6 cm³/mol. The van der Waals surface area contributed by atoms with Gasteiger partial charge in [0.1, 0.15) is 11.8 Å². The first-order valence-corrected chi connectivity index (χ1v) is 8.41. The molecule has 0 fully saturated rings. The maximum absolute atomic E-state index is 11.1. The fourth-order valence-corrected chi connectivity index (χ4v) is 2.91. The fraction of sp³-hybridized carbons (Fsp3) is 0.200. The topological polar surface area (TPSA) is 116 Å². The van der Waals surface area contributed by atoms with E-state index in [1.54, 1.807) is 31.3 Å². The molecule has 1 unspecified atom stereocenters. The lowest BCUT2D eigenvalue weighted by Crippen LogP contribution is -2.23. The van der Waals surface area contributed by atoms with Crippen LogP contribution < -0.4 is 15.8 Å².